The average molecular weight is 259 g/mol. The predicted octanol–water partition coefficient (Wildman–Crippen LogP) is 3.62. The Labute approximate surface area is 116 Å². The zero-order valence-electron chi connectivity index (χ0n) is 12.0. The van der Waals surface area contributed by atoms with E-state index in [2.05, 4.69) is 11.9 Å². The molecule has 1 fully saturated rings. The highest BCUT2D eigenvalue weighted by Gasteiger charge is 2.24. The summed E-state index contributed by atoms with van der Waals surface area (Å²) >= 11 is 0. The van der Waals surface area contributed by atoms with Crippen LogP contribution in [0.1, 0.15) is 74.9 Å². The summed E-state index contributed by atoms with van der Waals surface area (Å²) in [5, 5.41) is 0. The second-order valence-corrected chi connectivity index (χ2v) is 6.41. The van der Waals surface area contributed by atoms with E-state index in [9.17, 15) is 0 Å². The number of hydrogen-bond donors (Lipinski definition) is 1. The standard InChI is InChI=1S/C16H25N3/c1-11-7-9-12(10-8-11)16-18-14-6-4-2-3-5-13(14)15(17)19-16/h11-12H,2-10H2,1H3,(H2,17,18,19). The predicted molar refractivity (Wildman–Crippen MR) is 78.1 cm³/mol. The molecule has 0 atom stereocenters. The number of aryl methyl sites for hydroxylation is 1. The number of aromatic nitrogens is 2. The number of nitrogens with zero attached hydrogens (tertiary/aromatic N) is 2. The Hall–Kier alpha value is -1.12. The monoisotopic (exact) mass is 259 g/mol. The summed E-state index contributed by atoms with van der Waals surface area (Å²) in [6.45, 7) is 2.35. The van der Waals surface area contributed by atoms with Gasteiger partial charge < -0.3 is 5.73 Å². The molecule has 0 aromatic carbocycles. The zero-order valence-corrected chi connectivity index (χ0v) is 12.0. The van der Waals surface area contributed by atoms with Crippen LogP contribution in [0.3, 0.4) is 0 Å². The molecule has 0 radical (unpaired) electrons. The van der Waals surface area contributed by atoms with E-state index in [1.54, 1.807) is 0 Å². The van der Waals surface area contributed by atoms with Crippen molar-refractivity contribution in [3.8, 4) is 0 Å². The Bertz CT molecular complexity index is 448. The van der Waals surface area contributed by atoms with Gasteiger partial charge in [-0.3, -0.25) is 0 Å². The molecule has 0 spiro atoms. The Morgan fingerprint density at radius 2 is 1.68 bits per heavy atom. The first kappa shape index (κ1) is 12.9. The van der Waals surface area contributed by atoms with Crippen LogP contribution >= 0.6 is 0 Å². The molecule has 3 nitrogen and oxygen atoms in total. The molecule has 3 rings (SSSR count). The first-order valence-electron chi connectivity index (χ1n) is 7.89. The average Bonchev–Trinajstić information content (AvgIpc) is 2.65. The van der Waals surface area contributed by atoms with Crippen molar-refractivity contribution in [2.75, 3.05) is 5.73 Å². The molecule has 104 valence electrons. The summed E-state index contributed by atoms with van der Waals surface area (Å²) in [5.41, 5.74) is 8.68. The fourth-order valence-electron chi connectivity index (χ4n) is 3.52. The Balaban J connectivity index is 1.86. The van der Waals surface area contributed by atoms with Crippen LogP contribution in [-0.4, -0.2) is 9.97 Å². The largest absolute Gasteiger partial charge is 0.383 e. The highest BCUT2D eigenvalue weighted by Crippen LogP contribution is 2.35. The lowest BCUT2D eigenvalue weighted by Crippen LogP contribution is -2.16. The van der Waals surface area contributed by atoms with Gasteiger partial charge in [0, 0.05) is 17.2 Å². The fraction of sp³-hybridized carbons (Fsp3) is 0.750. The molecule has 0 amide bonds. The second kappa shape index (κ2) is 5.48. The lowest BCUT2D eigenvalue weighted by Gasteiger charge is -2.25. The lowest BCUT2D eigenvalue weighted by molar-refractivity contribution is 0.339. The topological polar surface area (TPSA) is 51.8 Å². The molecule has 2 aliphatic carbocycles. The van der Waals surface area contributed by atoms with E-state index in [0.717, 1.165) is 30.4 Å². The highest BCUT2D eigenvalue weighted by molar-refractivity contribution is 5.43. The molecule has 0 bridgehead atoms. The van der Waals surface area contributed by atoms with E-state index >= 15 is 0 Å². The van der Waals surface area contributed by atoms with Crippen LogP contribution in [0.4, 0.5) is 5.82 Å². The van der Waals surface area contributed by atoms with Crippen LogP contribution in [0.15, 0.2) is 0 Å². The molecule has 0 aliphatic heterocycles. The summed E-state index contributed by atoms with van der Waals surface area (Å²) in [6.07, 6.45) is 11.0. The Morgan fingerprint density at radius 1 is 0.947 bits per heavy atom. The van der Waals surface area contributed by atoms with Crippen molar-refractivity contribution in [2.24, 2.45) is 5.92 Å². The lowest BCUT2D eigenvalue weighted by atomic mass is 9.82. The van der Waals surface area contributed by atoms with Crippen LogP contribution < -0.4 is 5.73 Å². The number of anilines is 1. The maximum Gasteiger partial charge on any atom is 0.134 e. The molecule has 3 heteroatoms. The summed E-state index contributed by atoms with van der Waals surface area (Å²) in [7, 11) is 0. The minimum Gasteiger partial charge on any atom is -0.383 e. The Kier molecular flexibility index (Phi) is 3.72. The normalized spacial score (nSPS) is 27.6. The number of hydrogen-bond acceptors (Lipinski definition) is 3. The van der Waals surface area contributed by atoms with E-state index in [4.69, 9.17) is 10.7 Å². The SMILES string of the molecule is CC1CCC(c2nc(N)c3c(n2)CCCCC3)CC1. The number of rotatable bonds is 1. The molecule has 1 heterocycles. The molecular weight excluding hydrogens is 234 g/mol. The molecule has 1 aromatic rings. The Morgan fingerprint density at radius 3 is 2.47 bits per heavy atom. The number of nitrogen functional groups attached to an aromatic ring is 1. The quantitative estimate of drug-likeness (QED) is 0.784. The van der Waals surface area contributed by atoms with E-state index in [0.29, 0.717) is 5.92 Å². The molecule has 2 aliphatic rings. The summed E-state index contributed by atoms with van der Waals surface area (Å²) in [6, 6.07) is 0. The van der Waals surface area contributed by atoms with Gasteiger partial charge in [-0.05, 0) is 44.4 Å². The van der Waals surface area contributed by atoms with Gasteiger partial charge in [-0.2, -0.15) is 0 Å². The van der Waals surface area contributed by atoms with Gasteiger partial charge in [-0.1, -0.05) is 26.2 Å². The van der Waals surface area contributed by atoms with Crippen LogP contribution in [0.2, 0.25) is 0 Å². The smallest absolute Gasteiger partial charge is 0.134 e. The molecule has 1 saturated carbocycles. The number of fused-ring (bicyclic) bond motifs is 1. The van der Waals surface area contributed by atoms with Gasteiger partial charge in [0.2, 0.25) is 0 Å². The zero-order chi connectivity index (χ0) is 13.2. The molecular formula is C16H25N3. The third kappa shape index (κ3) is 2.75. The summed E-state index contributed by atoms with van der Waals surface area (Å²) in [5.74, 6) is 3.21. The van der Waals surface area contributed by atoms with Crippen molar-refractivity contribution >= 4 is 5.82 Å². The van der Waals surface area contributed by atoms with Gasteiger partial charge in [-0.15, -0.1) is 0 Å². The van der Waals surface area contributed by atoms with E-state index < -0.39 is 0 Å². The number of nitrogens with two attached hydrogens (primary N) is 1. The van der Waals surface area contributed by atoms with Gasteiger partial charge >= 0.3 is 0 Å². The van der Waals surface area contributed by atoms with Crippen molar-refractivity contribution in [3.63, 3.8) is 0 Å². The molecule has 2 N–H and O–H groups in total. The molecule has 19 heavy (non-hydrogen) atoms. The first-order valence-corrected chi connectivity index (χ1v) is 7.89. The van der Waals surface area contributed by atoms with Gasteiger partial charge in [0.1, 0.15) is 11.6 Å². The van der Waals surface area contributed by atoms with E-state index in [1.165, 1.54) is 56.2 Å². The second-order valence-electron chi connectivity index (χ2n) is 6.41. The molecule has 0 saturated heterocycles. The van der Waals surface area contributed by atoms with Crippen LogP contribution in [0.5, 0.6) is 0 Å². The fourth-order valence-corrected chi connectivity index (χ4v) is 3.52. The van der Waals surface area contributed by atoms with Crippen molar-refractivity contribution in [3.05, 3.63) is 17.1 Å². The van der Waals surface area contributed by atoms with Crippen LogP contribution in [0.25, 0.3) is 0 Å². The van der Waals surface area contributed by atoms with Crippen molar-refractivity contribution in [2.45, 2.75) is 70.6 Å². The summed E-state index contributed by atoms with van der Waals surface area (Å²) in [4.78, 5) is 9.54. The van der Waals surface area contributed by atoms with Gasteiger partial charge in [0.15, 0.2) is 0 Å². The maximum atomic E-state index is 6.19. The van der Waals surface area contributed by atoms with Gasteiger partial charge in [-0.25, -0.2) is 9.97 Å². The van der Waals surface area contributed by atoms with Crippen LogP contribution in [-0.2, 0) is 12.8 Å². The summed E-state index contributed by atoms with van der Waals surface area (Å²) < 4.78 is 0. The van der Waals surface area contributed by atoms with Gasteiger partial charge in [0.05, 0.1) is 0 Å². The first-order chi connectivity index (χ1) is 9.24. The third-order valence-corrected chi connectivity index (χ3v) is 4.86. The maximum absolute atomic E-state index is 6.19. The van der Waals surface area contributed by atoms with Gasteiger partial charge in [0.25, 0.3) is 0 Å². The van der Waals surface area contributed by atoms with E-state index in [-0.39, 0.29) is 0 Å². The molecule has 0 unspecified atom stereocenters. The van der Waals surface area contributed by atoms with E-state index in [1.807, 2.05) is 0 Å². The third-order valence-electron chi connectivity index (χ3n) is 4.86. The minimum absolute atomic E-state index is 0.548. The van der Waals surface area contributed by atoms with Crippen molar-refractivity contribution in [1.82, 2.24) is 9.97 Å². The molecule has 1 aromatic heterocycles. The minimum atomic E-state index is 0.548. The van der Waals surface area contributed by atoms with Crippen molar-refractivity contribution in [1.29, 1.82) is 0 Å². The van der Waals surface area contributed by atoms with Crippen LogP contribution in [0, 0.1) is 5.92 Å². The van der Waals surface area contributed by atoms with Crippen molar-refractivity contribution < 1.29 is 0 Å². The highest BCUT2D eigenvalue weighted by atomic mass is 15.0.